The lowest BCUT2D eigenvalue weighted by Gasteiger charge is -2.19. The van der Waals surface area contributed by atoms with Gasteiger partial charge in [-0.2, -0.15) is 0 Å². The first kappa shape index (κ1) is 16.9. The molecule has 1 heterocycles. The van der Waals surface area contributed by atoms with Gasteiger partial charge in [0.1, 0.15) is 0 Å². The van der Waals surface area contributed by atoms with E-state index in [4.69, 9.17) is 0 Å². The summed E-state index contributed by atoms with van der Waals surface area (Å²) in [4.78, 5) is 6.02. The van der Waals surface area contributed by atoms with Crippen molar-refractivity contribution in [2.75, 3.05) is 11.5 Å². The summed E-state index contributed by atoms with van der Waals surface area (Å²) in [6, 6.07) is 17.3. The van der Waals surface area contributed by atoms with Gasteiger partial charge < -0.3 is 0 Å². The van der Waals surface area contributed by atoms with Crippen LogP contribution < -0.4 is 0 Å². The zero-order chi connectivity index (χ0) is 16.3. The Morgan fingerprint density at radius 2 is 1.61 bits per heavy atom. The minimum atomic E-state index is 0.228. The highest BCUT2D eigenvalue weighted by atomic mass is 32.2. The molecule has 0 aliphatic rings. The highest BCUT2D eigenvalue weighted by Gasteiger charge is 2.12. The Labute approximate surface area is 150 Å². The molecule has 0 unspecified atom stereocenters. The van der Waals surface area contributed by atoms with E-state index in [-0.39, 0.29) is 5.41 Å². The van der Waals surface area contributed by atoms with Crippen LogP contribution in [-0.4, -0.2) is 16.5 Å². The molecule has 0 amide bonds. The molecule has 0 atom stereocenters. The van der Waals surface area contributed by atoms with Gasteiger partial charge in [-0.15, -0.1) is 23.1 Å². The van der Waals surface area contributed by atoms with Gasteiger partial charge in [0, 0.05) is 16.4 Å². The molecule has 0 spiro atoms. The molecule has 0 fully saturated rings. The third-order valence-electron chi connectivity index (χ3n) is 3.57. The first-order valence-electron chi connectivity index (χ1n) is 7.74. The summed E-state index contributed by atoms with van der Waals surface area (Å²) in [5, 5.41) is 0. The van der Waals surface area contributed by atoms with E-state index in [1.807, 2.05) is 29.6 Å². The van der Waals surface area contributed by atoms with Gasteiger partial charge in [-0.1, -0.05) is 56.8 Å². The van der Waals surface area contributed by atoms with Crippen LogP contribution in [0.2, 0.25) is 0 Å². The highest BCUT2D eigenvalue weighted by molar-refractivity contribution is 8.03. The summed E-state index contributed by atoms with van der Waals surface area (Å²) >= 11 is 5.57. The van der Waals surface area contributed by atoms with Gasteiger partial charge in [-0.05, 0) is 35.2 Å². The third-order valence-corrected chi connectivity index (χ3v) is 7.03. The SMILES string of the molecule is CC(C)(C)c1ccc(SCCSc2nc3ccccc3s2)cc1. The van der Waals surface area contributed by atoms with E-state index in [2.05, 4.69) is 68.2 Å². The molecule has 0 radical (unpaired) electrons. The molecule has 1 nitrogen and oxygen atoms in total. The predicted molar refractivity (Wildman–Crippen MR) is 106 cm³/mol. The smallest absolute Gasteiger partial charge is 0.151 e. The lowest BCUT2D eigenvalue weighted by atomic mass is 9.87. The number of fused-ring (bicyclic) bond motifs is 1. The monoisotopic (exact) mass is 359 g/mol. The van der Waals surface area contributed by atoms with Crippen molar-refractivity contribution < 1.29 is 0 Å². The molecule has 1 aromatic heterocycles. The average molecular weight is 360 g/mol. The number of aromatic nitrogens is 1. The molecule has 0 N–H and O–H groups in total. The Bertz CT molecular complexity index is 736. The second-order valence-electron chi connectivity index (χ2n) is 6.42. The van der Waals surface area contributed by atoms with Gasteiger partial charge in [0.05, 0.1) is 10.2 Å². The molecule has 4 heteroatoms. The van der Waals surface area contributed by atoms with Crippen molar-refractivity contribution in [3.05, 3.63) is 54.1 Å². The third kappa shape index (κ3) is 4.52. The number of para-hydroxylation sites is 1. The van der Waals surface area contributed by atoms with Gasteiger partial charge >= 0.3 is 0 Å². The number of thiazole rings is 1. The summed E-state index contributed by atoms with van der Waals surface area (Å²) in [7, 11) is 0. The van der Waals surface area contributed by atoms with Gasteiger partial charge in [0.2, 0.25) is 0 Å². The number of benzene rings is 2. The van der Waals surface area contributed by atoms with E-state index in [1.54, 1.807) is 11.3 Å². The van der Waals surface area contributed by atoms with Crippen LogP contribution in [0.1, 0.15) is 26.3 Å². The van der Waals surface area contributed by atoms with Crippen molar-refractivity contribution in [3.8, 4) is 0 Å². The van der Waals surface area contributed by atoms with E-state index in [0.29, 0.717) is 0 Å². The summed E-state index contributed by atoms with van der Waals surface area (Å²) in [6.45, 7) is 6.76. The minimum absolute atomic E-state index is 0.228. The van der Waals surface area contributed by atoms with Crippen LogP contribution in [0.3, 0.4) is 0 Å². The van der Waals surface area contributed by atoms with Gasteiger partial charge in [-0.25, -0.2) is 4.98 Å². The molecule has 3 rings (SSSR count). The first-order chi connectivity index (χ1) is 11.0. The summed E-state index contributed by atoms with van der Waals surface area (Å²) < 4.78 is 2.45. The second-order valence-corrected chi connectivity index (χ2v) is 9.96. The number of nitrogens with zero attached hydrogens (tertiary/aromatic N) is 1. The molecule has 3 aromatic rings. The Kier molecular flexibility index (Phi) is 5.34. The Morgan fingerprint density at radius 3 is 2.30 bits per heavy atom. The fourth-order valence-corrected chi connectivity index (χ4v) is 5.27. The van der Waals surface area contributed by atoms with Crippen LogP contribution in [0.5, 0.6) is 0 Å². The van der Waals surface area contributed by atoms with Crippen LogP contribution in [0.25, 0.3) is 10.2 Å². The Balaban J connectivity index is 1.49. The zero-order valence-electron chi connectivity index (χ0n) is 13.7. The van der Waals surface area contributed by atoms with Crippen molar-refractivity contribution in [3.63, 3.8) is 0 Å². The second kappa shape index (κ2) is 7.29. The molecule has 0 aliphatic heterocycles. The standard InChI is InChI=1S/C19H21NS3/c1-19(2,3)14-8-10-15(11-9-14)21-12-13-22-18-20-16-6-4-5-7-17(16)23-18/h4-11H,12-13H2,1-3H3. The van der Waals surface area contributed by atoms with E-state index in [9.17, 15) is 0 Å². The average Bonchev–Trinajstić information content (AvgIpc) is 2.94. The lowest BCUT2D eigenvalue weighted by Crippen LogP contribution is -2.10. The molecule has 23 heavy (non-hydrogen) atoms. The zero-order valence-corrected chi connectivity index (χ0v) is 16.2. The quantitative estimate of drug-likeness (QED) is 0.382. The topological polar surface area (TPSA) is 12.9 Å². The molecule has 0 saturated heterocycles. The van der Waals surface area contributed by atoms with E-state index < -0.39 is 0 Å². The van der Waals surface area contributed by atoms with E-state index >= 15 is 0 Å². The molecule has 0 saturated carbocycles. The molecular weight excluding hydrogens is 338 g/mol. The molecule has 0 aliphatic carbocycles. The van der Waals surface area contributed by atoms with Crippen molar-refractivity contribution in [2.45, 2.75) is 35.4 Å². The fraction of sp³-hybridized carbons (Fsp3) is 0.316. The number of rotatable bonds is 5. The maximum Gasteiger partial charge on any atom is 0.151 e. The van der Waals surface area contributed by atoms with Gasteiger partial charge in [0.15, 0.2) is 4.34 Å². The van der Waals surface area contributed by atoms with Gasteiger partial charge in [-0.3, -0.25) is 0 Å². The predicted octanol–water partition coefficient (Wildman–Crippen LogP) is 6.48. The van der Waals surface area contributed by atoms with Crippen LogP contribution in [-0.2, 0) is 5.41 Å². The Morgan fingerprint density at radius 1 is 0.913 bits per heavy atom. The van der Waals surface area contributed by atoms with Crippen molar-refractivity contribution in [2.24, 2.45) is 0 Å². The van der Waals surface area contributed by atoms with Gasteiger partial charge in [0.25, 0.3) is 0 Å². The van der Waals surface area contributed by atoms with Crippen LogP contribution >= 0.6 is 34.9 Å². The largest absolute Gasteiger partial charge is 0.230 e. The van der Waals surface area contributed by atoms with Crippen molar-refractivity contribution in [1.82, 2.24) is 4.98 Å². The van der Waals surface area contributed by atoms with E-state index in [1.165, 1.54) is 19.5 Å². The van der Waals surface area contributed by atoms with Crippen molar-refractivity contribution in [1.29, 1.82) is 0 Å². The van der Waals surface area contributed by atoms with E-state index in [0.717, 1.165) is 17.0 Å². The molecule has 0 bridgehead atoms. The summed E-state index contributed by atoms with van der Waals surface area (Å²) in [6.07, 6.45) is 0. The highest BCUT2D eigenvalue weighted by Crippen LogP contribution is 2.31. The fourth-order valence-electron chi connectivity index (χ4n) is 2.25. The maximum atomic E-state index is 4.67. The molecule has 2 aromatic carbocycles. The minimum Gasteiger partial charge on any atom is -0.230 e. The first-order valence-corrected chi connectivity index (χ1v) is 10.5. The Hall–Kier alpha value is -0.970. The molecular formula is C19H21NS3. The number of thioether (sulfide) groups is 2. The van der Waals surface area contributed by atoms with Crippen LogP contribution in [0.15, 0.2) is 57.8 Å². The summed E-state index contributed by atoms with van der Waals surface area (Å²) in [5.41, 5.74) is 2.74. The van der Waals surface area contributed by atoms with Crippen LogP contribution in [0, 0.1) is 0 Å². The summed E-state index contributed by atoms with van der Waals surface area (Å²) in [5.74, 6) is 2.20. The normalized spacial score (nSPS) is 12.0. The lowest BCUT2D eigenvalue weighted by molar-refractivity contribution is 0.590. The molecule has 120 valence electrons. The maximum absolute atomic E-state index is 4.67. The van der Waals surface area contributed by atoms with Crippen molar-refractivity contribution >= 4 is 45.1 Å². The van der Waals surface area contributed by atoms with Crippen LogP contribution in [0.4, 0.5) is 0 Å². The number of hydrogen-bond donors (Lipinski definition) is 0. The number of hydrogen-bond acceptors (Lipinski definition) is 4.